The average Bonchev–Trinajstić information content (AvgIpc) is 2.41. The van der Waals surface area contributed by atoms with Crippen molar-refractivity contribution in [1.29, 1.82) is 5.41 Å². The third-order valence-corrected chi connectivity index (χ3v) is 2.70. The molecule has 5 nitrogen and oxygen atoms in total. The van der Waals surface area contributed by atoms with Gasteiger partial charge in [-0.05, 0) is 38.8 Å². The lowest BCUT2D eigenvalue weighted by Gasteiger charge is -2.22. The van der Waals surface area contributed by atoms with Gasteiger partial charge >= 0.3 is 6.09 Å². The van der Waals surface area contributed by atoms with Crippen molar-refractivity contribution in [3.05, 3.63) is 41.7 Å². The molecule has 120 valence electrons. The van der Waals surface area contributed by atoms with Crippen LogP contribution in [-0.2, 0) is 4.74 Å². The van der Waals surface area contributed by atoms with Crippen molar-refractivity contribution in [3.8, 4) is 0 Å². The van der Waals surface area contributed by atoms with Crippen molar-refractivity contribution >= 4 is 18.0 Å². The molecule has 0 fully saturated rings. The molecule has 1 aromatic rings. The van der Waals surface area contributed by atoms with E-state index in [9.17, 15) is 4.79 Å². The maximum absolute atomic E-state index is 11.9. The molecule has 0 aliphatic heterocycles. The van der Waals surface area contributed by atoms with Gasteiger partial charge in [-0.15, -0.1) is 0 Å². The van der Waals surface area contributed by atoms with Crippen LogP contribution in [-0.4, -0.2) is 17.9 Å². The summed E-state index contributed by atoms with van der Waals surface area (Å²) in [7, 11) is 0. The second kappa shape index (κ2) is 7.64. The van der Waals surface area contributed by atoms with Crippen molar-refractivity contribution in [2.24, 2.45) is 5.92 Å². The number of nitrogens with one attached hydrogen (secondary N) is 3. The number of anilines is 1. The SMILES string of the molecule is CC(C)/C(Nc1ccccc1)=C(/C=N)NC(=O)OC(C)(C)C. The molecule has 0 atom stereocenters. The Balaban J connectivity index is 2.98. The Morgan fingerprint density at radius 2 is 1.82 bits per heavy atom. The number of allylic oxidation sites excluding steroid dienone is 2. The molecule has 0 bridgehead atoms. The van der Waals surface area contributed by atoms with Gasteiger partial charge in [0.1, 0.15) is 5.60 Å². The number of ether oxygens (including phenoxy) is 1. The molecule has 1 rings (SSSR count). The van der Waals surface area contributed by atoms with Crippen LogP contribution < -0.4 is 10.6 Å². The van der Waals surface area contributed by atoms with E-state index >= 15 is 0 Å². The molecule has 0 saturated heterocycles. The van der Waals surface area contributed by atoms with Crippen LogP contribution in [0.3, 0.4) is 0 Å². The maximum atomic E-state index is 11.9. The maximum Gasteiger partial charge on any atom is 0.412 e. The first-order chi connectivity index (χ1) is 10.2. The molecular formula is C17H25N3O2. The highest BCUT2D eigenvalue weighted by Gasteiger charge is 2.18. The van der Waals surface area contributed by atoms with Crippen LogP contribution in [0, 0.1) is 11.3 Å². The number of carbonyl (C=O) groups is 1. The van der Waals surface area contributed by atoms with Crippen molar-refractivity contribution in [2.75, 3.05) is 5.32 Å². The Bertz CT molecular complexity index is 543. The first-order valence-electron chi connectivity index (χ1n) is 7.29. The van der Waals surface area contributed by atoms with Crippen LogP contribution >= 0.6 is 0 Å². The van der Waals surface area contributed by atoms with Gasteiger partial charge in [0.05, 0.1) is 5.70 Å². The predicted octanol–water partition coefficient (Wildman–Crippen LogP) is 4.14. The molecule has 0 aliphatic rings. The van der Waals surface area contributed by atoms with Crippen LogP contribution in [0.4, 0.5) is 10.5 Å². The third-order valence-electron chi connectivity index (χ3n) is 2.70. The minimum atomic E-state index is -0.581. The van der Waals surface area contributed by atoms with E-state index in [1.807, 2.05) is 44.2 Å². The minimum absolute atomic E-state index is 0.103. The zero-order valence-electron chi connectivity index (χ0n) is 13.9. The normalized spacial score (nSPS) is 12.5. The number of carbonyl (C=O) groups excluding carboxylic acids is 1. The Morgan fingerprint density at radius 3 is 2.27 bits per heavy atom. The second-order valence-corrected chi connectivity index (χ2v) is 6.24. The fourth-order valence-electron chi connectivity index (χ4n) is 1.79. The van der Waals surface area contributed by atoms with Crippen LogP contribution in [0.1, 0.15) is 34.6 Å². The van der Waals surface area contributed by atoms with Crippen molar-refractivity contribution < 1.29 is 9.53 Å². The van der Waals surface area contributed by atoms with Crippen molar-refractivity contribution in [3.63, 3.8) is 0 Å². The predicted molar refractivity (Wildman–Crippen MR) is 90.1 cm³/mol. The number of hydrogen-bond acceptors (Lipinski definition) is 4. The van der Waals surface area contributed by atoms with E-state index in [0.29, 0.717) is 5.70 Å². The van der Waals surface area contributed by atoms with Crippen molar-refractivity contribution in [1.82, 2.24) is 5.32 Å². The summed E-state index contributed by atoms with van der Waals surface area (Å²) in [6.45, 7) is 9.38. The summed E-state index contributed by atoms with van der Waals surface area (Å²) in [5.74, 6) is 0.103. The number of hydrogen-bond donors (Lipinski definition) is 3. The molecule has 1 aromatic carbocycles. The summed E-state index contributed by atoms with van der Waals surface area (Å²) in [5.41, 5.74) is 1.47. The van der Waals surface area contributed by atoms with Gasteiger partial charge in [-0.2, -0.15) is 0 Å². The average molecular weight is 303 g/mol. The summed E-state index contributed by atoms with van der Waals surface area (Å²) in [5, 5.41) is 13.5. The Kier molecular flexibility index (Phi) is 6.16. The van der Waals surface area contributed by atoms with E-state index in [1.165, 1.54) is 0 Å². The fourth-order valence-corrected chi connectivity index (χ4v) is 1.79. The van der Waals surface area contributed by atoms with Crippen LogP contribution in [0.5, 0.6) is 0 Å². The molecule has 0 saturated carbocycles. The highest BCUT2D eigenvalue weighted by atomic mass is 16.6. The lowest BCUT2D eigenvalue weighted by atomic mass is 10.1. The lowest BCUT2D eigenvalue weighted by Crippen LogP contribution is -2.34. The molecule has 0 heterocycles. The summed E-state index contributed by atoms with van der Waals surface area (Å²) in [6.07, 6.45) is 0.550. The highest BCUT2D eigenvalue weighted by Crippen LogP contribution is 2.18. The summed E-state index contributed by atoms with van der Waals surface area (Å²) >= 11 is 0. The summed E-state index contributed by atoms with van der Waals surface area (Å²) in [6, 6.07) is 9.63. The first kappa shape index (κ1) is 17.8. The second-order valence-electron chi connectivity index (χ2n) is 6.24. The number of para-hydroxylation sites is 1. The fraction of sp³-hybridized carbons (Fsp3) is 0.412. The third kappa shape index (κ3) is 5.99. The van der Waals surface area contributed by atoms with E-state index in [0.717, 1.165) is 17.6 Å². The van der Waals surface area contributed by atoms with Crippen LogP contribution in [0.25, 0.3) is 0 Å². The first-order valence-corrected chi connectivity index (χ1v) is 7.29. The number of benzene rings is 1. The lowest BCUT2D eigenvalue weighted by molar-refractivity contribution is 0.0548. The van der Waals surface area contributed by atoms with Crippen molar-refractivity contribution in [2.45, 2.75) is 40.2 Å². The Hall–Kier alpha value is -2.30. The zero-order chi connectivity index (χ0) is 16.8. The van der Waals surface area contributed by atoms with Gasteiger partial charge in [0, 0.05) is 17.6 Å². The molecule has 3 N–H and O–H groups in total. The standard InChI is InChI=1S/C17H25N3O2/c1-12(2)15(19-13-9-7-6-8-10-13)14(11-18)20-16(21)22-17(3,4)5/h6-12,18-19H,1-5H3,(H,20,21)/b15-14+,18-11?. The van der Waals surface area contributed by atoms with Gasteiger partial charge in [0.25, 0.3) is 0 Å². The van der Waals surface area contributed by atoms with Crippen LogP contribution in [0.15, 0.2) is 41.7 Å². The van der Waals surface area contributed by atoms with E-state index < -0.39 is 11.7 Å². The zero-order valence-corrected chi connectivity index (χ0v) is 13.9. The minimum Gasteiger partial charge on any atom is -0.444 e. The number of rotatable bonds is 5. The van der Waals surface area contributed by atoms with Gasteiger partial charge < -0.3 is 15.5 Å². The van der Waals surface area contributed by atoms with E-state index in [2.05, 4.69) is 10.6 Å². The molecule has 0 aliphatic carbocycles. The molecule has 22 heavy (non-hydrogen) atoms. The monoisotopic (exact) mass is 303 g/mol. The molecule has 0 aromatic heterocycles. The molecule has 0 spiro atoms. The topological polar surface area (TPSA) is 74.2 Å². The van der Waals surface area contributed by atoms with Gasteiger partial charge in [0.15, 0.2) is 0 Å². The molecular weight excluding hydrogens is 278 g/mol. The van der Waals surface area contributed by atoms with Gasteiger partial charge in [0.2, 0.25) is 0 Å². The number of alkyl carbamates (subject to hydrolysis) is 1. The largest absolute Gasteiger partial charge is 0.444 e. The smallest absolute Gasteiger partial charge is 0.412 e. The molecule has 1 amide bonds. The van der Waals surface area contributed by atoms with E-state index in [-0.39, 0.29) is 5.92 Å². The molecule has 0 radical (unpaired) electrons. The Morgan fingerprint density at radius 1 is 1.23 bits per heavy atom. The van der Waals surface area contributed by atoms with E-state index in [4.69, 9.17) is 10.1 Å². The van der Waals surface area contributed by atoms with Gasteiger partial charge in [-0.25, -0.2) is 4.79 Å². The summed E-state index contributed by atoms with van der Waals surface area (Å²) < 4.78 is 5.23. The quantitative estimate of drug-likeness (QED) is 0.716. The molecule has 0 unspecified atom stereocenters. The van der Waals surface area contributed by atoms with Gasteiger partial charge in [-0.3, -0.25) is 5.32 Å². The van der Waals surface area contributed by atoms with Gasteiger partial charge in [-0.1, -0.05) is 32.0 Å². The Labute approximate surface area is 132 Å². The van der Waals surface area contributed by atoms with Crippen LogP contribution in [0.2, 0.25) is 0 Å². The summed E-state index contributed by atoms with van der Waals surface area (Å²) in [4.78, 5) is 11.9. The number of amides is 1. The highest BCUT2D eigenvalue weighted by molar-refractivity contribution is 5.85. The van der Waals surface area contributed by atoms with E-state index in [1.54, 1.807) is 20.8 Å². The molecule has 5 heteroatoms.